The standard InChI is InChI=1S/C15H21ClN2O/c1-10(2)12-9-18(6-4-5-17)14-8-13(16)15(19-3)7-11(12)14/h7-10H,4-6,17H2,1-3H3. The van der Waals surface area contributed by atoms with E-state index in [1.165, 1.54) is 10.9 Å². The van der Waals surface area contributed by atoms with Crippen LogP contribution in [0, 0.1) is 0 Å². The summed E-state index contributed by atoms with van der Waals surface area (Å²) in [4.78, 5) is 0. The molecule has 0 saturated carbocycles. The highest BCUT2D eigenvalue weighted by Gasteiger charge is 2.14. The Balaban J connectivity index is 2.61. The number of halogens is 1. The number of hydrogen-bond donors (Lipinski definition) is 1. The highest BCUT2D eigenvalue weighted by molar-refractivity contribution is 6.32. The number of fused-ring (bicyclic) bond motifs is 1. The van der Waals surface area contributed by atoms with E-state index in [9.17, 15) is 0 Å². The van der Waals surface area contributed by atoms with Crippen LogP contribution < -0.4 is 10.5 Å². The monoisotopic (exact) mass is 280 g/mol. The van der Waals surface area contributed by atoms with Crippen molar-refractivity contribution in [1.82, 2.24) is 4.57 Å². The maximum atomic E-state index is 6.24. The minimum Gasteiger partial charge on any atom is -0.495 e. The van der Waals surface area contributed by atoms with Crippen molar-refractivity contribution in [3.63, 3.8) is 0 Å². The van der Waals surface area contributed by atoms with Crippen molar-refractivity contribution in [3.8, 4) is 5.75 Å². The van der Waals surface area contributed by atoms with Crippen molar-refractivity contribution >= 4 is 22.5 Å². The van der Waals surface area contributed by atoms with Crippen LogP contribution in [0.25, 0.3) is 10.9 Å². The number of methoxy groups -OCH3 is 1. The molecule has 0 spiro atoms. The second kappa shape index (κ2) is 5.85. The summed E-state index contributed by atoms with van der Waals surface area (Å²) in [6.45, 7) is 6.01. The predicted molar refractivity (Wildman–Crippen MR) is 81.3 cm³/mol. The summed E-state index contributed by atoms with van der Waals surface area (Å²) in [6.07, 6.45) is 3.17. The topological polar surface area (TPSA) is 40.2 Å². The number of benzene rings is 1. The summed E-state index contributed by atoms with van der Waals surface area (Å²) < 4.78 is 7.56. The van der Waals surface area contributed by atoms with Gasteiger partial charge in [-0.2, -0.15) is 0 Å². The molecule has 0 atom stereocenters. The van der Waals surface area contributed by atoms with E-state index in [2.05, 4.69) is 24.6 Å². The van der Waals surface area contributed by atoms with Crippen LogP contribution in [0.2, 0.25) is 5.02 Å². The van der Waals surface area contributed by atoms with Crippen LogP contribution in [0.15, 0.2) is 18.3 Å². The molecule has 1 heterocycles. The van der Waals surface area contributed by atoms with E-state index >= 15 is 0 Å². The zero-order valence-corrected chi connectivity index (χ0v) is 12.5. The molecule has 2 N–H and O–H groups in total. The highest BCUT2D eigenvalue weighted by atomic mass is 35.5. The first-order chi connectivity index (χ1) is 9.08. The van der Waals surface area contributed by atoms with Gasteiger partial charge < -0.3 is 15.0 Å². The van der Waals surface area contributed by atoms with Crippen molar-refractivity contribution in [2.45, 2.75) is 32.7 Å². The first kappa shape index (κ1) is 14.2. The van der Waals surface area contributed by atoms with E-state index < -0.39 is 0 Å². The zero-order chi connectivity index (χ0) is 14.0. The summed E-state index contributed by atoms with van der Waals surface area (Å²) in [6, 6.07) is 4.02. The number of ether oxygens (including phenoxy) is 1. The van der Waals surface area contributed by atoms with Gasteiger partial charge in [0, 0.05) is 18.1 Å². The molecule has 0 fully saturated rings. The van der Waals surface area contributed by atoms with Gasteiger partial charge in [0.05, 0.1) is 17.6 Å². The fourth-order valence-electron chi connectivity index (χ4n) is 2.38. The van der Waals surface area contributed by atoms with Gasteiger partial charge in [0.1, 0.15) is 5.75 Å². The van der Waals surface area contributed by atoms with Gasteiger partial charge in [0.25, 0.3) is 0 Å². The Labute approximate surface area is 119 Å². The summed E-state index contributed by atoms with van der Waals surface area (Å²) in [5, 5.41) is 1.87. The van der Waals surface area contributed by atoms with E-state index in [4.69, 9.17) is 22.1 Å². The molecule has 0 aliphatic rings. The minimum atomic E-state index is 0.465. The Bertz CT molecular complexity index is 575. The quantitative estimate of drug-likeness (QED) is 0.905. The van der Waals surface area contributed by atoms with Crippen molar-refractivity contribution in [3.05, 3.63) is 28.9 Å². The van der Waals surface area contributed by atoms with E-state index in [0.29, 0.717) is 17.5 Å². The molecule has 2 rings (SSSR count). The SMILES string of the molecule is COc1cc2c(C(C)C)cn(CCCN)c2cc1Cl. The second-order valence-corrected chi connectivity index (χ2v) is 5.49. The van der Waals surface area contributed by atoms with Crippen LogP contribution in [-0.2, 0) is 6.54 Å². The highest BCUT2D eigenvalue weighted by Crippen LogP contribution is 2.35. The number of hydrogen-bond acceptors (Lipinski definition) is 2. The molecule has 1 aromatic heterocycles. The van der Waals surface area contributed by atoms with Crippen molar-refractivity contribution in [1.29, 1.82) is 0 Å². The van der Waals surface area contributed by atoms with Crippen molar-refractivity contribution in [2.75, 3.05) is 13.7 Å². The number of aromatic nitrogens is 1. The Morgan fingerprint density at radius 2 is 2.11 bits per heavy atom. The molecule has 19 heavy (non-hydrogen) atoms. The van der Waals surface area contributed by atoms with Crippen molar-refractivity contribution in [2.24, 2.45) is 5.73 Å². The molecule has 0 bridgehead atoms. The first-order valence-corrected chi connectivity index (χ1v) is 7.02. The van der Waals surface area contributed by atoms with Crippen LogP contribution >= 0.6 is 11.6 Å². The number of nitrogens with two attached hydrogens (primary N) is 1. The maximum absolute atomic E-state index is 6.24. The Hall–Kier alpha value is -1.19. The molecule has 0 aliphatic heterocycles. The molecule has 0 saturated heterocycles. The lowest BCUT2D eigenvalue weighted by Crippen LogP contribution is -2.04. The number of rotatable bonds is 5. The van der Waals surface area contributed by atoms with E-state index in [1.807, 2.05) is 12.1 Å². The summed E-state index contributed by atoms with van der Waals surface area (Å²) in [5.74, 6) is 1.19. The van der Waals surface area contributed by atoms with Gasteiger partial charge >= 0.3 is 0 Å². The summed E-state index contributed by atoms with van der Waals surface area (Å²) in [7, 11) is 1.65. The molecule has 3 nitrogen and oxygen atoms in total. The average molecular weight is 281 g/mol. The predicted octanol–water partition coefficient (Wildman–Crippen LogP) is 3.78. The molecule has 1 aromatic carbocycles. The fraction of sp³-hybridized carbons (Fsp3) is 0.467. The molecule has 0 radical (unpaired) electrons. The summed E-state index contributed by atoms with van der Waals surface area (Å²) >= 11 is 6.24. The third-order valence-corrected chi connectivity index (χ3v) is 3.71. The Morgan fingerprint density at radius 3 is 2.68 bits per heavy atom. The van der Waals surface area contributed by atoms with Crippen LogP contribution in [0.4, 0.5) is 0 Å². The Morgan fingerprint density at radius 1 is 1.37 bits per heavy atom. The smallest absolute Gasteiger partial charge is 0.138 e. The Kier molecular flexibility index (Phi) is 4.38. The molecule has 4 heteroatoms. The molecule has 0 amide bonds. The van der Waals surface area contributed by atoms with E-state index in [0.717, 1.165) is 24.2 Å². The third kappa shape index (κ3) is 2.72. The van der Waals surface area contributed by atoms with Gasteiger partial charge in [-0.1, -0.05) is 25.4 Å². The van der Waals surface area contributed by atoms with Crippen LogP contribution in [-0.4, -0.2) is 18.2 Å². The lowest BCUT2D eigenvalue weighted by atomic mass is 10.0. The van der Waals surface area contributed by atoms with Crippen molar-refractivity contribution < 1.29 is 4.74 Å². The third-order valence-electron chi connectivity index (χ3n) is 3.41. The van der Waals surface area contributed by atoms with E-state index in [1.54, 1.807) is 7.11 Å². The molecular formula is C15H21ClN2O. The lowest BCUT2D eigenvalue weighted by molar-refractivity contribution is 0.415. The van der Waals surface area contributed by atoms with Crippen LogP contribution in [0.1, 0.15) is 31.7 Å². The first-order valence-electron chi connectivity index (χ1n) is 6.64. The molecule has 2 aromatic rings. The van der Waals surface area contributed by atoms with Gasteiger partial charge in [0.2, 0.25) is 0 Å². The van der Waals surface area contributed by atoms with Gasteiger partial charge in [-0.15, -0.1) is 0 Å². The fourth-order valence-corrected chi connectivity index (χ4v) is 2.62. The lowest BCUT2D eigenvalue weighted by Gasteiger charge is -2.07. The summed E-state index contributed by atoms with van der Waals surface area (Å²) in [5.41, 5.74) is 8.08. The molecule has 0 aliphatic carbocycles. The second-order valence-electron chi connectivity index (χ2n) is 5.08. The average Bonchev–Trinajstić information content (AvgIpc) is 2.73. The van der Waals surface area contributed by atoms with Crippen LogP contribution in [0.5, 0.6) is 5.75 Å². The zero-order valence-electron chi connectivity index (χ0n) is 11.7. The number of nitrogens with zero attached hydrogens (tertiary/aromatic N) is 1. The van der Waals surface area contributed by atoms with Gasteiger partial charge in [-0.25, -0.2) is 0 Å². The largest absolute Gasteiger partial charge is 0.495 e. The molecule has 0 unspecified atom stereocenters. The molecular weight excluding hydrogens is 260 g/mol. The van der Waals surface area contributed by atoms with Gasteiger partial charge in [-0.05, 0) is 36.6 Å². The van der Waals surface area contributed by atoms with Crippen LogP contribution in [0.3, 0.4) is 0 Å². The van der Waals surface area contributed by atoms with E-state index in [-0.39, 0.29) is 0 Å². The molecule has 104 valence electrons. The maximum Gasteiger partial charge on any atom is 0.138 e. The minimum absolute atomic E-state index is 0.465. The van der Waals surface area contributed by atoms with Gasteiger partial charge in [-0.3, -0.25) is 0 Å². The van der Waals surface area contributed by atoms with Gasteiger partial charge in [0.15, 0.2) is 0 Å². The normalized spacial score (nSPS) is 11.5. The number of aryl methyl sites for hydroxylation is 1.